The first-order valence-corrected chi connectivity index (χ1v) is 7.85. The number of hydrogen-bond donors (Lipinski definition) is 2. The fourth-order valence-corrected chi connectivity index (χ4v) is 3.25. The summed E-state index contributed by atoms with van der Waals surface area (Å²) in [5, 5.41) is 10.8. The first-order valence-electron chi connectivity index (χ1n) is 7.85. The van der Waals surface area contributed by atoms with Crippen LogP contribution in [0.5, 0.6) is 0 Å². The fourth-order valence-electron chi connectivity index (χ4n) is 3.25. The van der Waals surface area contributed by atoms with E-state index in [0.29, 0.717) is 17.5 Å². The van der Waals surface area contributed by atoms with Crippen molar-refractivity contribution in [1.82, 2.24) is 20.4 Å². The molecule has 1 aliphatic carbocycles. The summed E-state index contributed by atoms with van der Waals surface area (Å²) >= 11 is 0. The Balaban J connectivity index is 1.53. The number of carbonyl (C=O) groups is 1. The molecule has 5 heteroatoms. The number of amides is 1. The lowest BCUT2D eigenvalue weighted by Crippen LogP contribution is -2.32. The van der Waals surface area contributed by atoms with Gasteiger partial charge in [-0.3, -0.25) is 9.48 Å². The molecule has 2 fully saturated rings. The molecule has 0 spiro atoms. The minimum absolute atomic E-state index is 0.0356. The van der Waals surface area contributed by atoms with Gasteiger partial charge in [-0.05, 0) is 44.7 Å². The van der Waals surface area contributed by atoms with E-state index in [1.807, 2.05) is 10.9 Å². The Hall–Kier alpha value is -1.36. The molecule has 1 aliphatic heterocycles. The highest BCUT2D eigenvalue weighted by Crippen LogP contribution is 2.18. The SMILES string of the molecule is O=C(NC1CCCC1)c1cnn(CC2CCNCC2)c1. The van der Waals surface area contributed by atoms with Gasteiger partial charge >= 0.3 is 0 Å². The third kappa shape index (κ3) is 3.39. The third-order valence-electron chi connectivity index (χ3n) is 4.49. The number of piperidine rings is 1. The van der Waals surface area contributed by atoms with Gasteiger partial charge in [-0.15, -0.1) is 0 Å². The van der Waals surface area contributed by atoms with Gasteiger partial charge in [0.05, 0.1) is 11.8 Å². The number of carbonyl (C=O) groups excluding carboxylic acids is 1. The molecule has 5 nitrogen and oxygen atoms in total. The van der Waals surface area contributed by atoms with Crippen LogP contribution in [0, 0.1) is 5.92 Å². The summed E-state index contributed by atoms with van der Waals surface area (Å²) < 4.78 is 1.93. The summed E-state index contributed by atoms with van der Waals surface area (Å²) in [5.41, 5.74) is 0.700. The lowest BCUT2D eigenvalue weighted by atomic mass is 9.98. The van der Waals surface area contributed by atoms with Gasteiger partial charge < -0.3 is 10.6 Å². The maximum absolute atomic E-state index is 12.1. The number of nitrogens with zero attached hydrogens (tertiary/aromatic N) is 2. The molecule has 0 bridgehead atoms. The van der Waals surface area contributed by atoms with Gasteiger partial charge in [0.1, 0.15) is 0 Å². The molecule has 2 heterocycles. The number of nitrogens with one attached hydrogen (secondary N) is 2. The molecule has 1 amide bonds. The van der Waals surface area contributed by atoms with Crippen LogP contribution in [0.25, 0.3) is 0 Å². The molecule has 110 valence electrons. The van der Waals surface area contributed by atoms with Crippen molar-refractivity contribution in [2.24, 2.45) is 5.92 Å². The molecule has 0 unspecified atom stereocenters. The Bertz CT molecular complexity index is 444. The van der Waals surface area contributed by atoms with Crippen LogP contribution >= 0.6 is 0 Å². The largest absolute Gasteiger partial charge is 0.349 e. The molecular formula is C15H24N4O. The Kier molecular flexibility index (Phi) is 4.35. The number of aromatic nitrogens is 2. The Morgan fingerprint density at radius 1 is 1.30 bits per heavy atom. The smallest absolute Gasteiger partial charge is 0.254 e. The van der Waals surface area contributed by atoms with Gasteiger partial charge in [-0.1, -0.05) is 12.8 Å². The number of rotatable bonds is 4. The molecule has 3 rings (SSSR count). The molecule has 1 saturated heterocycles. The van der Waals surface area contributed by atoms with Gasteiger partial charge in [-0.25, -0.2) is 0 Å². The molecule has 0 atom stereocenters. The molecule has 0 radical (unpaired) electrons. The van der Waals surface area contributed by atoms with Crippen molar-refractivity contribution in [3.05, 3.63) is 18.0 Å². The van der Waals surface area contributed by atoms with E-state index in [1.165, 1.54) is 25.7 Å². The van der Waals surface area contributed by atoms with Gasteiger partial charge in [0.25, 0.3) is 5.91 Å². The summed E-state index contributed by atoms with van der Waals surface area (Å²) in [4.78, 5) is 12.1. The molecule has 2 N–H and O–H groups in total. The van der Waals surface area contributed by atoms with Gasteiger partial charge in [0, 0.05) is 18.8 Å². The monoisotopic (exact) mass is 276 g/mol. The lowest BCUT2D eigenvalue weighted by molar-refractivity contribution is 0.0937. The molecule has 1 aromatic heterocycles. The van der Waals surface area contributed by atoms with E-state index in [0.717, 1.165) is 32.5 Å². The third-order valence-corrected chi connectivity index (χ3v) is 4.49. The normalized spacial score (nSPS) is 21.2. The summed E-state index contributed by atoms with van der Waals surface area (Å²) in [6, 6.07) is 0.371. The molecule has 1 aromatic rings. The van der Waals surface area contributed by atoms with Crippen LogP contribution in [-0.4, -0.2) is 34.8 Å². The van der Waals surface area contributed by atoms with Crippen molar-refractivity contribution >= 4 is 5.91 Å². The zero-order valence-electron chi connectivity index (χ0n) is 12.0. The van der Waals surface area contributed by atoms with E-state index in [1.54, 1.807) is 6.20 Å². The number of hydrogen-bond acceptors (Lipinski definition) is 3. The molecular weight excluding hydrogens is 252 g/mol. The first kappa shape index (κ1) is 13.6. The highest BCUT2D eigenvalue weighted by Gasteiger charge is 2.19. The van der Waals surface area contributed by atoms with E-state index in [-0.39, 0.29) is 5.91 Å². The second-order valence-electron chi connectivity index (χ2n) is 6.10. The van der Waals surface area contributed by atoms with Crippen molar-refractivity contribution in [3.63, 3.8) is 0 Å². The van der Waals surface area contributed by atoms with Gasteiger partial charge in [-0.2, -0.15) is 5.10 Å². The van der Waals surface area contributed by atoms with Crippen molar-refractivity contribution in [3.8, 4) is 0 Å². The Morgan fingerprint density at radius 3 is 2.80 bits per heavy atom. The molecule has 2 aliphatic rings. The van der Waals surface area contributed by atoms with Crippen LogP contribution in [0.3, 0.4) is 0 Å². The van der Waals surface area contributed by atoms with Crippen molar-refractivity contribution < 1.29 is 4.79 Å². The zero-order chi connectivity index (χ0) is 13.8. The second-order valence-corrected chi connectivity index (χ2v) is 6.10. The molecule has 0 aromatic carbocycles. The molecule has 20 heavy (non-hydrogen) atoms. The predicted molar refractivity (Wildman–Crippen MR) is 77.5 cm³/mol. The van der Waals surface area contributed by atoms with Crippen LogP contribution in [0.2, 0.25) is 0 Å². The zero-order valence-corrected chi connectivity index (χ0v) is 12.0. The Labute approximate surface area is 120 Å². The predicted octanol–water partition coefficient (Wildman–Crippen LogP) is 1.56. The van der Waals surface area contributed by atoms with Crippen molar-refractivity contribution in [2.45, 2.75) is 51.1 Å². The average Bonchev–Trinajstić information content (AvgIpc) is 3.11. The standard InChI is InChI=1S/C15H24N4O/c20-15(18-14-3-1-2-4-14)13-9-17-19(11-13)10-12-5-7-16-8-6-12/h9,11-12,14,16H,1-8,10H2,(H,18,20). The van der Waals surface area contributed by atoms with Gasteiger partial charge in [0.2, 0.25) is 0 Å². The van der Waals surface area contributed by atoms with E-state index >= 15 is 0 Å². The van der Waals surface area contributed by atoms with Crippen LogP contribution < -0.4 is 10.6 Å². The minimum atomic E-state index is 0.0356. The maximum atomic E-state index is 12.1. The van der Waals surface area contributed by atoms with E-state index in [9.17, 15) is 4.79 Å². The molecule has 1 saturated carbocycles. The van der Waals surface area contributed by atoms with E-state index in [4.69, 9.17) is 0 Å². The second kappa shape index (κ2) is 6.39. The van der Waals surface area contributed by atoms with Crippen LogP contribution in [0.15, 0.2) is 12.4 Å². The lowest BCUT2D eigenvalue weighted by Gasteiger charge is -2.22. The quantitative estimate of drug-likeness (QED) is 0.877. The summed E-state index contributed by atoms with van der Waals surface area (Å²) in [6.07, 6.45) is 10.7. The van der Waals surface area contributed by atoms with Crippen LogP contribution in [-0.2, 0) is 6.54 Å². The Morgan fingerprint density at radius 2 is 2.05 bits per heavy atom. The van der Waals surface area contributed by atoms with Crippen molar-refractivity contribution in [2.75, 3.05) is 13.1 Å². The van der Waals surface area contributed by atoms with Crippen LogP contribution in [0.4, 0.5) is 0 Å². The highest BCUT2D eigenvalue weighted by molar-refractivity contribution is 5.93. The summed E-state index contributed by atoms with van der Waals surface area (Å²) in [6.45, 7) is 3.13. The van der Waals surface area contributed by atoms with Crippen molar-refractivity contribution in [1.29, 1.82) is 0 Å². The first-order chi connectivity index (χ1) is 9.81. The van der Waals surface area contributed by atoms with Gasteiger partial charge in [0.15, 0.2) is 0 Å². The minimum Gasteiger partial charge on any atom is -0.349 e. The topological polar surface area (TPSA) is 59.0 Å². The highest BCUT2D eigenvalue weighted by atomic mass is 16.1. The maximum Gasteiger partial charge on any atom is 0.254 e. The average molecular weight is 276 g/mol. The van der Waals surface area contributed by atoms with E-state index < -0.39 is 0 Å². The summed E-state index contributed by atoms with van der Waals surface area (Å²) in [7, 11) is 0. The fraction of sp³-hybridized carbons (Fsp3) is 0.733. The summed E-state index contributed by atoms with van der Waals surface area (Å²) in [5.74, 6) is 0.718. The van der Waals surface area contributed by atoms with E-state index in [2.05, 4.69) is 15.7 Å². The van der Waals surface area contributed by atoms with Crippen LogP contribution in [0.1, 0.15) is 48.9 Å².